The van der Waals surface area contributed by atoms with Crippen LogP contribution in [0, 0.1) is 5.92 Å². The van der Waals surface area contributed by atoms with Gasteiger partial charge < -0.3 is 9.64 Å². The summed E-state index contributed by atoms with van der Waals surface area (Å²) >= 11 is 0. The predicted molar refractivity (Wildman–Crippen MR) is 119 cm³/mol. The average Bonchev–Trinajstić information content (AvgIpc) is 2.81. The molecule has 2 unspecified atom stereocenters. The Morgan fingerprint density at radius 1 is 0.935 bits per heavy atom. The number of hydrogen-bond acceptors (Lipinski definition) is 4. The predicted octanol–water partition coefficient (Wildman–Crippen LogP) is 5.39. The van der Waals surface area contributed by atoms with E-state index in [0.29, 0.717) is 12.8 Å². The normalized spacial score (nSPS) is 22.8. The van der Waals surface area contributed by atoms with E-state index in [0.717, 1.165) is 41.3 Å². The van der Waals surface area contributed by atoms with E-state index in [9.17, 15) is 9.59 Å². The number of fused-ring (bicyclic) bond motifs is 3. The lowest BCUT2D eigenvalue weighted by molar-refractivity contribution is 0.00476. The Kier molecular flexibility index (Phi) is 5.41. The van der Waals surface area contributed by atoms with Crippen molar-refractivity contribution in [2.24, 2.45) is 5.92 Å². The van der Waals surface area contributed by atoms with E-state index in [1.165, 1.54) is 0 Å². The largest absolute Gasteiger partial charge is 0.445 e. The standard InChI is InChI=1S/C26H26N2O3/c29-25(23-13-14-27-24-12-5-4-11-22(23)24)19-15-20-9-6-10-21(16-19)28(20)26(30)31-17-18-7-2-1-3-8-18/h1-5,7-8,11-14,19-21H,6,9-10,15-17H2. The lowest BCUT2D eigenvalue weighted by Gasteiger charge is -2.47. The third-order valence-corrected chi connectivity index (χ3v) is 6.68. The Balaban J connectivity index is 1.31. The number of Topliss-reactive ketones (excluding diaryl/α,β-unsaturated/α-hetero) is 1. The minimum Gasteiger partial charge on any atom is -0.445 e. The number of ketones is 1. The number of amides is 1. The fraction of sp³-hybridized carbons (Fsp3) is 0.346. The molecule has 5 rings (SSSR count). The van der Waals surface area contributed by atoms with Crippen molar-refractivity contribution in [1.29, 1.82) is 0 Å². The van der Waals surface area contributed by atoms with Crippen molar-refractivity contribution in [3.8, 4) is 0 Å². The fourth-order valence-electron chi connectivity index (χ4n) is 5.22. The zero-order valence-electron chi connectivity index (χ0n) is 17.4. The number of para-hydroxylation sites is 1. The van der Waals surface area contributed by atoms with Crippen LogP contribution in [0.25, 0.3) is 10.9 Å². The lowest BCUT2D eigenvalue weighted by atomic mass is 9.75. The third-order valence-electron chi connectivity index (χ3n) is 6.68. The van der Waals surface area contributed by atoms with Crippen molar-refractivity contribution in [3.05, 3.63) is 78.0 Å². The van der Waals surface area contributed by atoms with Crippen LogP contribution >= 0.6 is 0 Å². The van der Waals surface area contributed by atoms with Gasteiger partial charge in [-0.2, -0.15) is 0 Å². The van der Waals surface area contributed by atoms with Gasteiger partial charge in [-0.1, -0.05) is 48.5 Å². The molecule has 5 heteroatoms. The van der Waals surface area contributed by atoms with Crippen LogP contribution in [0.4, 0.5) is 4.79 Å². The summed E-state index contributed by atoms with van der Waals surface area (Å²) in [5, 5.41) is 0.907. The first kappa shape index (κ1) is 19.7. The van der Waals surface area contributed by atoms with Crippen LogP contribution in [-0.2, 0) is 11.3 Å². The maximum atomic E-state index is 13.5. The highest BCUT2D eigenvalue weighted by atomic mass is 16.6. The molecule has 158 valence electrons. The average molecular weight is 415 g/mol. The molecular formula is C26H26N2O3. The van der Waals surface area contributed by atoms with Gasteiger partial charge in [-0.05, 0) is 49.8 Å². The molecule has 2 atom stereocenters. The smallest absolute Gasteiger partial charge is 0.410 e. The number of benzene rings is 2. The number of aromatic nitrogens is 1. The lowest BCUT2D eigenvalue weighted by Crippen LogP contribution is -2.55. The van der Waals surface area contributed by atoms with E-state index >= 15 is 0 Å². The summed E-state index contributed by atoms with van der Waals surface area (Å²) in [7, 11) is 0. The van der Waals surface area contributed by atoms with Crippen molar-refractivity contribution in [2.75, 3.05) is 0 Å². The summed E-state index contributed by atoms with van der Waals surface area (Å²) in [5.41, 5.74) is 2.57. The third kappa shape index (κ3) is 3.92. The quantitative estimate of drug-likeness (QED) is 0.537. The minimum absolute atomic E-state index is 0.0674. The van der Waals surface area contributed by atoms with Crippen LogP contribution in [0.2, 0.25) is 0 Å². The molecule has 2 aliphatic rings. The van der Waals surface area contributed by atoms with Crippen molar-refractivity contribution < 1.29 is 14.3 Å². The van der Waals surface area contributed by atoms with E-state index in [4.69, 9.17) is 4.74 Å². The molecule has 0 N–H and O–H groups in total. The second kappa shape index (κ2) is 8.50. The fourth-order valence-corrected chi connectivity index (χ4v) is 5.22. The molecule has 5 nitrogen and oxygen atoms in total. The maximum absolute atomic E-state index is 13.5. The number of rotatable bonds is 4. The van der Waals surface area contributed by atoms with E-state index in [-0.39, 0.29) is 36.5 Å². The van der Waals surface area contributed by atoms with Gasteiger partial charge in [0, 0.05) is 35.1 Å². The van der Waals surface area contributed by atoms with E-state index < -0.39 is 0 Å². The molecular weight excluding hydrogens is 388 g/mol. The number of hydrogen-bond donors (Lipinski definition) is 0. The molecule has 3 heterocycles. The van der Waals surface area contributed by atoms with E-state index in [1.54, 1.807) is 6.20 Å². The van der Waals surface area contributed by atoms with Crippen LogP contribution in [0.1, 0.15) is 48.0 Å². The molecule has 0 radical (unpaired) electrons. The Morgan fingerprint density at radius 2 is 1.65 bits per heavy atom. The highest BCUT2D eigenvalue weighted by Crippen LogP contribution is 2.39. The van der Waals surface area contributed by atoms with Gasteiger partial charge in [0.2, 0.25) is 0 Å². The number of ether oxygens (including phenoxy) is 1. The molecule has 2 bridgehead atoms. The Bertz CT molecular complexity index is 1080. The number of pyridine rings is 1. The number of nitrogens with zero attached hydrogens (tertiary/aromatic N) is 2. The van der Waals surface area contributed by atoms with Crippen molar-refractivity contribution in [1.82, 2.24) is 9.88 Å². The summed E-state index contributed by atoms with van der Waals surface area (Å²) < 4.78 is 5.64. The van der Waals surface area contributed by atoms with Gasteiger partial charge in [0.25, 0.3) is 0 Å². The summed E-state index contributed by atoms with van der Waals surface area (Å²) in [6.07, 6.45) is 5.82. The number of carbonyl (C=O) groups is 2. The number of carbonyl (C=O) groups excluding carboxylic acids is 2. The van der Waals surface area contributed by atoms with Gasteiger partial charge in [-0.3, -0.25) is 9.78 Å². The van der Waals surface area contributed by atoms with Gasteiger partial charge in [0.15, 0.2) is 5.78 Å². The second-order valence-corrected chi connectivity index (χ2v) is 8.59. The van der Waals surface area contributed by atoms with Crippen LogP contribution < -0.4 is 0 Å². The highest BCUT2D eigenvalue weighted by Gasteiger charge is 2.43. The first-order chi connectivity index (χ1) is 15.2. The molecule has 1 aromatic heterocycles. The maximum Gasteiger partial charge on any atom is 0.410 e. The van der Waals surface area contributed by atoms with Crippen molar-refractivity contribution in [3.63, 3.8) is 0 Å². The molecule has 0 saturated carbocycles. The van der Waals surface area contributed by atoms with E-state index in [1.807, 2.05) is 65.6 Å². The topological polar surface area (TPSA) is 59.5 Å². The number of piperidine rings is 2. The minimum atomic E-state index is -0.251. The Labute approximate surface area is 182 Å². The van der Waals surface area contributed by atoms with Gasteiger partial charge in [0.1, 0.15) is 6.61 Å². The van der Waals surface area contributed by atoms with E-state index in [2.05, 4.69) is 4.98 Å². The molecule has 0 spiro atoms. The first-order valence-electron chi connectivity index (χ1n) is 11.1. The molecule has 2 aromatic carbocycles. The highest BCUT2D eigenvalue weighted by molar-refractivity contribution is 6.08. The van der Waals surface area contributed by atoms with Crippen LogP contribution in [0.5, 0.6) is 0 Å². The van der Waals surface area contributed by atoms with Crippen molar-refractivity contribution in [2.45, 2.75) is 50.8 Å². The molecule has 1 amide bonds. The molecule has 2 saturated heterocycles. The first-order valence-corrected chi connectivity index (χ1v) is 11.1. The molecule has 2 aliphatic heterocycles. The summed E-state index contributed by atoms with van der Waals surface area (Å²) in [6.45, 7) is 0.279. The van der Waals surface area contributed by atoms with Crippen LogP contribution in [0.3, 0.4) is 0 Å². The van der Waals surface area contributed by atoms with Gasteiger partial charge in [-0.15, -0.1) is 0 Å². The molecule has 3 aromatic rings. The molecule has 31 heavy (non-hydrogen) atoms. The Morgan fingerprint density at radius 3 is 2.42 bits per heavy atom. The van der Waals surface area contributed by atoms with Gasteiger partial charge in [0.05, 0.1) is 5.52 Å². The van der Waals surface area contributed by atoms with Crippen molar-refractivity contribution >= 4 is 22.8 Å². The monoisotopic (exact) mass is 414 g/mol. The van der Waals surface area contributed by atoms with Gasteiger partial charge >= 0.3 is 6.09 Å². The van der Waals surface area contributed by atoms with Crippen LogP contribution in [-0.4, -0.2) is 33.8 Å². The summed E-state index contributed by atoms with van der Waals surface area (Å²) in [4.78, 5) is 32.7. The van der Waals surface area contributed by atoms with Gasteiger partial charge in [-0.25, -0.2) is 4.79 Å². The molecule has 0 aliphatic carbocycles. The Hall–Kier alpha value is -3.21. The summed E-state index contributed by atoms with van der Waals surface area (Å²) in [6, 6.07) is 19.5. The SMILES string of the molecule is O=C(c1ccnc2ccccc12)C1CC2CCCC(C1)N2C(=O)OCc1ccccc1. The zero-order valence-corrected chi connectivity index (χ0v) is 17.4. The molecule has 2 fully saturated rings. The second-order valence-electron chi connectivity index (χ2n) is 8.59. The van der Waals surface area contributed by atoms with Crippen LogP contribution in [0.15, 0.2) is 66.9 Å². The zero-order chi connectivity index (χ0) is 21.2. The summed E-state index contributed by atoms with van der Waals surface area (Å²) in [5.74, 6) is 0.104.